The molecule has 0 saturated carbocycles. The Morgan fingerprint density at radius 3 is 2.50 bits per heavy atom. The van der Waals surface area contributed by atoms with E-state index in [-0.39, 0.29) is 18.1 Å². The zero-order valence-corrected chi connectivity index (χ0v) is 20.1. The molecule has 2 aromatic heterocycles. The SMILES string of the molecule is COc1ccc(N=Nc2c(O)n(Cc3cn(O[C@@H]4O[C@H](CO)[C@H](O)[C@H](O)[C@H]4O)nn3)c3ccccc23)cc1. The van der Waals surface area contributed by atoms with Crippen molar-refractivity contribution in [2.24, 2.45) is 10.2 Å². The number of hydrogen-bond acceptors (Lipinski definition) is 12. The molecule has 1 aliphatic heterocycles. The van der Waals surface area contributed by atoms with Crippen LogP contribution in [-0.4, -0.2) is 89.7 Å². The number of aliphatic hydroxyl groups is 4. The third kappa shape index (κ3) is 4.90. The molecule has 2 aromatic carbocycles. The van der Waals surface area contributed by atoms with Crippen molar-refractivity contribution in [3.8, 4) is 11.6 Å². The van der Waals surface area contributed by atoms with Gasteiger partial charge >= 0.3 is 0 Å². The maximum atomic E-state index is 11.0. The van der Waals surface area contributed by atoms with Crippen LogP contribution in [0.2, 0.25) is 0 Å². The summed E-state index contributed by atoms with van der Waals surface area (Å²) in [6, 6.07) is 14.3. The molecule has 0 unspecified atom stereocenters. The van der Waals surface area contributed by atoms with Gasteiger partial charge < -0.3 is 44.4 Å². The number of methoxy groups -OCH3 is 1. The Kier molecular flexibility index (Phi) is 7.22. The van der Waals surface area contributed by atoms with Crippen LogP contribution in [0.5, 0.6) is 11.6 Å². The summed E-state index contributed by atoms with van der Waals surface area (Å²) in [5.41, 5.74) is 1.92. The molecule has 200 valence electrons. The number of benzene rings is 2. The molecule has 0 radical (unpaired) electrons. The Balaban J connectivity index is 1.36. The van der Waals surface area contributed by atoms with E-state index in [1.54, 1.807) is 35.9 Å². The first-order valence-electron chi connectivity index (χ1n) is 11.6. The molecule has 0 bridgehead atoms. The van der Waals surface area contributed by atoms with Crippen molar-refractivity contribution in [1.82, 2.24) is 19.7 Å². The summed E-state index contributed by atoms with van der Waals surface area (Å²) in [4.78, 5) is 6.36. The lowest BCUT2D eigenvalue weighted by Crippen LogP contribution is -2.61. The monoisotopic (exact) mass is 526 g/mol. The van der Waals surface area contributed by atoms with Gasteiger partial charge in [-0.25, -0.2) is 0 Å². The minimum absolute atomic E-state index is 0.0858. The quantitative estimate of drug-likeness (QED) is 0.204. The summed E-state index contributed by atoms with van der Waals surface area (Å²) in [5.74, 6) is 0.555. The lowest BCUT2D eigenvalue weighted by Gasteiger charge is -2.38. The van der Waals surface area contributed by atoms with Crippen molar-refractivity contribution < 1.29 is 39.8 Å². The Morgan fingerprint density at radius 1 is 1.00 bits per heavy atom. The maximum absolute atomic E-state index is 11.0. The second-order valence-corrected chi connectivity index (χ2v) is 8.59. The third-order valence-corrected chi connectivity index (χ3v) is 6.16. The number of aromatic nitrogens is 4. The summed E-state index contributed by atoms with van der Waals surface area (Å²) >= 11 is 0. The van der Waals surface area contributed by atoms with Crippen molar-refractivity contribution in [3.63, 3.8) is 0 Å². The van der Waals surface area contributed by atoms with Crippen molar-refractivity contribution >= 4 is 22.3 Å². The van der Waals surface area contributed by atoms with Crippen molar-refractivity contribution in [2.75, 3.05) is 13.7 Å². The van der Waals surface area contributed by atoms with E-state index in [0.29, 0.717) is 28.0 Å². The number of fused-ring (bicyclic) bond motifs is 1. The number of azo groups is 1. The predicted octanol–water partition coefficient (Wildman–Crippen LogP) is 0.639. The summed E-state index contributed by atoms with van der Waals surface area (Å²) in [6.07, 6.45) is -5.86. The lowest BCUT2D eigenvalue weighted by molar-refractivity contribution is -0.303. The van der Waals surface area contributed by atoms with Crippen LogP contribution in [-0.2, 0) is 11.3 Å². The van der Waals surface area contributed by atoms with Crippen LogP contribution in [0.15, 0.2) is 65.0 Å². The van der Waals surface area contributed by atoms with Crippen molar-refractivity contribution in [2.45, 2.75) is 37.3 Å². The number of aromatic hydroxyl groups is 1. The van der Waals surface area contributed by atoms with E-state index in [9.17, 15) is 25.5 Å². The highest BCUT2D eigenvalue weighted by molar-refractivity contribution is 5.95. The van der Waals surface area contributed by atoms with Crippen molar-refractivity contribution in [1.29, 1.82) is 0 Å². The van der Waals surface area contributed by atoms with E-state index in [1.807, 2.05) is 24.3 Å². The molecule has 1 fully saturated rings. The molecule has 4 aromatic rings. The van der Waals surface area contributed by atoms with Gasteiger partial charge in [0.15, 0.2) is 5.69 Å². The molecule has 3 heterocycles. The molecule has 14 heteroatoms. The number of aliphatic hydroxyl groups excluding tert-OH is 4. The summed E-state index contributed by atoms with van der Waals surface area (Å²) in [6.45, 7) is -0.506. The van der Waals surface area contributed by atoms with Crippen LogP contribution < -0.4 is 9.57 Å². The van der Waals surface area contributed by atoms with Gasteiger partial charge in [0, 0.05) is 5.39 Å². The van der Waals surface area contributed by atoms with Gasteiger partial charge in [0.25, 0.3) is 6.29 Å². The minimum Gasteiger partial charge on any atom is -0.497 e. The van der Waals surface area contributed by atoms with Crippen molar-refractivity contribution in [3.05, 3.63) is 60.4 Å². The zero-order valence-electron chi connectivity index (χ0n) is 20.1. The van der Waals surface area contributed by atoms with E-state index in [4.69, 9.17) is 14.3 Å². The van der Waals surface area contributed by atoms with E-state index in [0.717, 1.165) is 4.85 Å². The Bertz CT molecular complexity index is 1420. The second kappa shape index (κ2) is 10.7. The average molecular weight is 527 g/mol. The van der Waals surface area contributed by atoms with Crippen LogP contribution in [0, 0.1) is 0 Å². The molecule has 1 saturated heterocycles. The Hall–Kier alpha value is -4.08. The zero-order chi connectivity index (χ0) is 26.8. The highest BCUT2D eigenvalue weighted by Crippen LogP contribution is 2.39. The first-order valence-corrected chi connectivity index (χ1v) is 11.6. The van der Waals surface area contributed by atoms with E-state index >= 15 is 0 Å². The topological polar surface area (TPSA) is 189 Å². The molecule has 1 aliphatic rings. The van der Waals surface area contributed by atoms with Crippen LogP contribution in [0.4, 0.5) is 11.4 Å². The fourth-order valence-corrected chi connectivity index (χ4v) is 4.11. The van der Waals surface area contributed by atoms with Gasteiger partial charge in [-0.15, -0.1) is 10.2 Å². The van der Waals surface area contributed by atoms with Crippen LogP contribution in [0.25, 0.3) is 10.9 Å². The number of para-hydroxylation sites is 1. The Labute approximate surface area is 215 Å². The fraction of sp³-hybridized carbons (Fsp3) is 0.333. The molecule has 38 heavy (non-hydrogen) atoms. The summed E-state index contributed by atoms with van der Waals surface area (Å²) in [7, 11) is 1.57. The first-order chi connectivity index (χ1) is 18.4. The molecular formula is C24H26N6O8. The molecule has 5 atom stereocenters. The molecule has 14 nitrogen and oxygen atoms in total. The number of nitrogens with zero attached hydrogens (tertiary/aromatic N) is 6. The van der Waals surface area contributed by atoms with Gasteiger partial charge in [-0.1, -0.05) is 23.0 Å². The normalized spacial score (nSPS) is 23.8. The van der Waals surface area contributed by atoms with Gasteiger partial charge in [-0.2, -0.15) is 5.11 Å². The van der Waals surface area contributed by atoms with Crippen LogP contribution in [0.3, 0.4) is 0 Å². The fourth-order valence-electron chi connectivity index (χ4n) is 4.11. The highest BCUT2D eigenvalue weighted by Gasteiger charge is 2.45. The standard InChI is InChI=1S/C24H26N6O8/c1-36-15-8-6-13(7-9-15)25-27-19-16-4-2-3-5-17(16)29(23(19)35)10-14-11-30(28-26-14)38-24-22(34)21(33)20(32)18(12-31)37-24/h2-9,11,18,20-22,24,31-35H,10,12H2,1H3/t18-,20+,21+,22-,24+/m1/s1. The molecule has 0 spiro atoms. The molecular weight excluding hydrogens is 500 g/mol. The number of ether oxygens (including phenoxy) is 2. The largest absolute Gasteiger partial charge is 0.497 e. The lowest BCUT2D eigenvalue weighted by atomic mass is 9.99. The van der Waals surface area contributed by atoms with Crippen LogP contribution in [0.1, 0.15) is 5.69 Å². The van der Waals surface area contributed by atoms with Crippen LogP contribution >= 0.6 is 0 Å². The maximum Gasteiger partial charge on any atom is 0.256 e. The van der Waals surface area contributed by atoms with E-state index < -0.39 is 37.3 Å². The molecule has 0 aliphatic carbocycles. The summed E-state index contributed by atoms with van der Waals surface area (Å²) < 4.78 is 12.1. The summed E-state index contributed by atoms with van der Waals surface area (Å²) in [5, 5.41) is 67.5. The average Bonchev–Trinajstić information content (AvgIpc) is 3.49. The smallest absolute Gasteiger partial charge is 0.256 e. The molecule has 5 rings (SSSR count). The Morgan fingerprint density at radius 2 is 1.76 bits per heavy atom. The van der Waals surface area contributed by atoms with Gasteiger partial charge in [-0.3, -0.25) is 0 Å². The third-order valence-electron chi connectivity index (χ3n) is 6.16. The van der Waals surface area contributed by atoms with Gasteiger partial charge in [-0.05, 0) is 35.5 Å². The second-order valence-electron chi connectivity index (χ2n) is 8.59. The predicted molar refractivity (Wildman–Crippen MR) is 130 cm³/mol. The highest BCUT2D eigenvalue weighted by atomic mass is 16.8. The van der Waals surface area contributed by atoms with E-state index in [1.165, 1.54) is 6.20 Å². The number of hydrogen-bond donors (Lipinski definition) is 5. The molecule has 5 N–H and O–H groups in total. The number of rotatable bonds is 8. The van der Waals surface area contributed by atoms with Gasteiger partial charge in [0.1, 0.15) is 35.9 Å². The molecule has 0 amide bonds. The van der Waals surface area contributed by atoms with Gasteiger partial charge in [0.05, 0.1) is 37.7 Å². The minimum atomic E-state index is -1.60. The first kappa shape index (κ1) is 25.6. The van der Waals surface area contributed by atoms with E-state index in [2.05, 4.69) is 20.5 Å². The van der Waals surface area contributed by atoms with Gasteiger partial charge in [0.2, 0.25) is 5.88 Å².